The number of nitrogens with one attached hydrogen (secondary N) is 1. The molecule has 18 heavy (non-hydrogen) atoms. The average molecular weight is 331 g/mol. The second-order valence-corrected chi connectivity index (χ2v) is 4.30. The van der Waals surface area contributed by atoms with Gasteiger partial charge in [-0.05, 0) is 22.0 Å². The predicted octanol–water partition coefficient (Wildman–Crippen LogP) is 3.16. The maximum atomic E-state index is 13.0. The lowest BCUT2D eigenvalue weighted by molar-refractivity contribution is -0.172. The van der Waals surface area contributed by atoms with Gasteiger partial charge in [0.15, 0.2) is 0 Å². The molecule has 0 aliphatic rings. The number of nitrogen functional groups attached to an aromatic ring is 1. The Morgan fingerprint density at radius 3 is 2.61 bits per heavy atom. The first-order chi connectivity index (χ1) is 8.29. The first kappa shape index (κ1) is 15.0. The second kappa shape index (κ2) is 6.24. The molecule has 1 aromatic rings. The Morgan fingerprint density at radius 1 is 1.33 bits per heavy atom. The van der Waals surface area contributed by atoms with Crippen LogP contribution in [-0.4, -0.2) is 25.9 Å². The summed E-state index contributed by atoms with van der Waals surface area (Å²) in [7, 11) is 0. The Kier molecular flexibility index (Phi) is 5.21. The van der Waals surface area contributed by atoms with Crippen molar-refractivity contribution >= 4 is 27.3 Å². The molecule has 0 atom stereocenters. The Morgan fingerprint density at radius 2 is 2.00 bits per heavy atom. The minimum absolute atomic E-state index is 0.131. The fraction of sp³-hybridized carbons (Fsp3) is 0.400. The standard InChI is InChI=1S/C10H11BrF4N2O/c11-6-3-9(8(16)4-7(6)12)17-1-2-18-5-10(13,14)15/h3-4,17H,1-2,5,16H2. The van der Waals surface area contributed by atoms with Crippen LogP contribution in [0.1, 0.15) is 0 Å². The maximum Gasteiger partial charge on any atom is 0.411 e. The molecule has 1 rings (SSSR count). The Hall–Kier alpha value is -1.02. The molecule has 1 aromatic carbocycles. The molecule has 0 saturated carbocycles. The first-order valence-electron chi connectivity index (χ1n) is 4.92. The highest BCUT2D eigenvalue weighted by atomic mass is 79.9. The predicted molar refractivity (Wildman–Crippen MR) is 63.9 cm³/mol. The summed E-state index contributed by atoms with van der Waals surface area (Å²) in [5, 5.41) is 2.75. The van der Waals surface area contributed by atoms with Gasteiger partial charge in [-0.1, -0.05) is 0 Å². The number of benzene rings is 1. The fourth-order valence-corrected chi connectivity index (χ4v) is 1.50. The normalized spacial score (nSPS) is 11.6. The average Bonchev–Trinajstić information content (AvgIpc) is 2.23. The minimum Gasteiger partial charge on any atom is -0.397 e. The van der Waals surface area contributed by atoms with Crippen LogP contribution >= 0.6 is 15.9 Å². The van der Waals surface area contributed by atoms with Crippen molar-refractivity contribution in [2.24, 2.45) is 0 Å². The van der Waals surface area contributed by atoms with E-state index in [0.29, 0.717) is 5.69 Å². The topological polar surface area (TPSA) is 47.3 Å². The van der Waals surface area contributed by atoms with Crippen molar-refractivity contribution in [2.45, 2.75) is 6.18 Å². The summed E-state index contributed by atoms with van der Waals surface area (Å²) in [4.78, 5) is 0. The van der Waals surface area contributed by atoms with Gasteiger partial charge in [-0.15, -0.1) is 0 Å². The highest BCUT2D eigenvalue weighted by molar-refractivity contribution is 9.10. The van der Waals surface area contributed by atoms with Crippen molar-refractivity contribution < 1.29 is 22.3 Å². The van der Waals surface area contributed by atoms with Gasteiger partial charge in [0.2, 0.25) is 0 Å². The van der Waals surface area contributed by atoms with E-state index in [2.05, 4.69) is 26.0 Å². The zero-order valence-corrected chi connectivity index (χ0v) is 10.7. The number of halogens is 5. The van der Waals surface area contributed by atoms with Crippen molar-refractivity contribution in [3.63, 3.8) is 0 Å². The molecule has 0 aliphatic heterocycles. The minimum atomic E-state index is -4.34. The van der Waals surface area contributed by atoms with Gasteiger partial charge in [0, 0.05) is 12.6 Å². The number of hydrogen-bond donors (Lipinski definition) is 2. The molecule has 0 unspecified atom stereocenters. The Labute approximate surface area is 109 Å². The van der Waals surface area contributed by atoms with E-state index in [1.54, 1.807) is 0 Å². The summed E-state index contributed by atoms with van der Waals surface area (Å²) in [6.45, 7) is -1.29. The van der Waals surface area contributed by atoms with E-state index in [0.717, 1.165) is 6.07 Å². The molecule has 0 spiro atoms. The lowest BCUT2D eigenvalue weighted by Gasteiger charge is -2.11. The van der Waals surface area contributed by atoms with Gasteiger partial charge in [0.25, 0.3) is 0 Å². The van der Waals surface area contributed by atoms with Crippen LogP contribution in [0.15, 0.2) is 16.6 Å². The van der Waals surface area contributed by atoms with E-state index < -0.39 is 18.6 Å². The lowest BCUT2D eigenvalue weighted by atomic mass is 10.2. The van der Waals surface area contributed by atoms with Gasteiger partial charge in [-0.25, -0.2) is 4.39 Å². The van der Waals surface area contributed by atoms with Crippen LogP contribution in [0, 0.1) is 5.82 Å². The largest absolute Gasteiger partial charge is 0.411 e. The highest BCUT2D eigenvalue weighted by Gasteiger charge is 2.27. The number of hydrogen-bond acceptors (Lipinski definition) is 3. The molecule has 102 valence electrons. The molecule has 0 aromatic heterocycles. The van der Waals surface area contributed by atoms with E-state index in [1.165, 1.54) is 6.07 Å². The summed E-state index contributed by atoms with van der Waals surface area (Å²) in [6.07, 6.45) is -4.34. The second-order valence-electron chi connectivity index (χ2n) is 3.45. The zero-order valence-electron chi connectivity index (χ0n) is 9.15. The van der Waals surface area contributed by atoms with Gasteiger partial charge in [0.05, 0.1) is 22.5 Å². The number of anilines is 2. The summed E-state index contributed by atoms with van der Waals surface area (Å²) in [5.41, 5.74) is 6.13. The molecule has 0 bridgehead atoms. The molecular formula is C10H11BrF4N2O. The van der Waals surface area contributed by atoms with E-state index in [4.69, 9.17) is 5.73 Å². The van der Waals surface area contributed by atoms with Crippen molar-refractivity contribution in [1.82, 2.24) is 0 Å². The van der Waals surface area contributed by atoms with Gasteiger partial charge < -0.3 is 15.8 Å². The number of ether oxygens (including phenoxy) is 1. The van der Waals surface area contributed by atoms with Crippen molar-refractivity contribution in [2.75, 3.05) is 30.8 Å². The zero-order chi connectivity index (χ0) is 13.8. The van der Waals surface area contributed by atoms with Crippen molar-refractivity contribution in [3.8, 4) is 0 Å². The molecule has 0 radical (unpaired) electrons. The van der Waals surface area contributed by atoms with Crippen LogP contribution in [0.2, 0.25) is 0 Å². The summed E-state index contributed by atoms with van der Waals surface area (Å²) in [6, 6.07) is 2.53. The molecule has 0 amide bonds. The van der Waals surface area contributed by atoms with E-state index >= 15 is 0 Å². The Balaban J connectivity index is 2.38. The summed E-state index contributed by atoms with van der Waals surface area (Å²) >= 11 is 2.98. The Bertz CT molecular complexity index is 412. The van der Waals surface area contributed by atoms with Crippen molar-refractivity contribution in [3.05, 3.63) is 22.4 Å². The number of rotatable bonds is 5. The van der Waals surface area contributed by atoms with Gasteiger partial charge >= 0.3 is 6.18 Å². The SMILES string of the molecule is Nc1cc(F)c(Br)cc1NCCOCC(F)(F)F. The third-order valence-corrected chi connectivity index (χ3v) is 2.53. The van der Waals surface area contributed by atoms with Crippen LogP contribution in [-0.2, 0) is 4.74 Å². The highest BCUT2D eigenvalue weighted by Crippen LogP contribution is 2.26. The monoisotopic (exact) mass is 330 g/mol. The number of alkyl halides is 3. The molecule has 0 aliphatic carbocycles. The first-order valence-corrected chi connectivity index (χ1v) is 5.72. The third-order valence-electron chi connectivity index (χ3n) is 1.92. The molecule has 0 heterocycles. The van der Waals surface area contributed by atoms with Gasteiger partial charge in [0.1, 0.15) is 12.4 Å². The van der Waals surface area contributed by atoms with Gasteiger partial charge in [-0.2, -0.15) is 13.2 Å². The van der Waals surface area contributed by atoms with Crippen LogP contribution < -0.4 is 11.1 Å². The van der Waals surface area contributed by atoms with Crippen LogP contribution in [0.5, 0.6) is 0 Å². The fourth-order valence-electron chi connectivity index (χ4n) is 1.16. The summed E-state index contributed by atoms with van der Waals surface area (Å²) in [5.74, 6) is -0.508. The molecule has 3 nitrogen and oxygen atoms in total. The quantitative estimate of drug-likeness (QED) is 0.495. The van der Waals surface area contributed by atoms with E-state index in [-0.39, 0.29) is 23.3 Å². The van der Waals surface area contributed by atoms with Gasteiger partial charge in [-0.3, -0.25) is 0 Å². The molecule has 0 fully saturated rings. The number of nitrogens with two attached hydrogens (primary N) is 1. The van der Waals surface area contributed by atoms with Crippen LogP contribution in [0.4, 0.5) is 28.9 Å². The molecule has 3 N–H and O–H groups in total. The maximum absolute atomic E-state index is 13.0. The molecule has 8 heteroatoms. The molecular weight excluding hydrogens is 320 g/mol. The lowest BCUT2D eigenvalue weighted by Crippen LogP contribution is -2.20. The smallest absolute Gasteiger partial charge is 0.397 e. The summed E-state index contributed by atoms with van der Waals surface area (Å²) < 4.78 is 52.9. The third kappa shape index (κ3) is 5.09. The van der Waals surface area contributed by atoms with Crippen LogP contribution in [0.3, 0.4) is 0 Å². The van der Waals surface area contributed by atoms with E-state index in [1.807, 2.05) is 0 Å². The van der Waals surface area contributed by atoms with Crippen LogP contribution in [0.25, 0.3) is 0 Å². The molecule has 0 saturated heterocycles. The van der Waals surface area contributed by atoms with Crippen molar-refractivity contribution in [1.29, 1.82) is 0 Å². The van der Waals surface area contributed by atoms with E-state index in [9.17, 15) is 17.6 Å².